The fraction of sp³-hybridized carbons (Fsp3) is 0.556. The summed E-state index contributed by atoms with van der Waals surface area (Å²) in [4.78, 5) is 157. The highest BCUT2D eigenvalue weighted by atomic mass is 33.1. The van der Waals surface area contributed by atoms with Crippen molar-refractivity contribution < 1.29 is 52.7 Å². The summed E-state index contributed by atoms with van der Waals surface area (Å²) in [5.74, 6) is -9.90. The van der Waals surface area contributed by atoms with Crippen molar-refractivity contribution in [2.24, 2.45) is 39.6 Å². The molecule has 1 aromatic heterocycles. The van der Waals surface area contributed by atoms with Gasteiger partial charge < -0.3 is 75.4 Å². The number of nitrogens with two attached hydrogens (primary N) is 5. The zero-order valence-electron chi connectivity index (χ0n) is 41.2. The van der Waals surface area contributed by atoms with Gasteiger partial charge in [0.2, 0.25) is 65.0 Å². The van der Waals surface area contributed by atoms with Crippen molar-refractivity contribution in [3.63, 3.8) is 0 Å². The Hall–Kier alpha value is -7.10. The van der Waals surface area contributed by atoms with Gasteiger partial charge >= 0.3 is 0 Å². The highest BCUT2D eigenvalue weighted by Gasteiger charge is 2.43. The first-order chi connectivity index (χ1) is 34.5. The lowest BCUT2D eigenvalue weighted by atomic mass is 9.90. The van der Waals surface area contributed by atoms with Gasteiger partial charge in [-0.15, -0.1) is 0 Å². The maximum Gasteiger partial charge on any atom is 0.246 e. The summed E-state index contributed by atoms with van der Waals surface area (Å²) in [7, 11) is 3.49. The molecule has 26 nitrogen and oxygen atoms in total. The number of nitrogens with one attached hydrogen (secondary N) is 7. The summed E-state index contributed by atoms with van der Waals surface area (Å²) in [5, 5.41) is 16.1. The van der Waals surface area contributed by atoms with Crippen molar-refractivity contribution in [2.75, 3.05) is 38.2 Å². The molecular weight excluding hydrogens is 991 g/mol. The Labute approximate surface area is 429 Å². The van der Waals surface area contributed by atoms with Crippen LogP contribution in [0.15, 0.2) is 29.3 Å². The van der Waals surface area contributed by atoms with Crippen molar-refractivity contribution in [3.05, 3.63) is 35.5 Å². The van der Waals surface area contributed by atoms with E-state index in [1.807, 2.05) is 24.3 Å². The summed E-state index contributed by atoms with van der Waals surface area (Å²) in [6.45, 7) is 4.20. The Morgan fingerprint density at radius 1 is 0.877 bits per heavy atom. The van der Waals surface area contributed by atoms with Crippen LogP contribution in [0.3, 0.4) is 0 Å². The number of primary amides is 3. The number of H-pyrrole nitrogens is 1. The van der Waals surface area contributed by atoms with Gasteiger partial charge in [-0.3, -0.25) is 57.7 Å². The predicted octanol–water partition coefficient (Wildman–Crippen LogP) is -3.51. The van der Waals surface area contributed by atoms with Crippen LogP contribution in [0.2, 0.25) is 0 Å². The number of benzene rings is 1. The van der Waals surface area contributed by atoms with Gasteiger partial charge in [0, 0.05) is 61.0 Å². The summed E-state index contributed by atoms with van der Waals surface area (Å²) in [5.41, 5.74) is 29.3. The van der Waals surface area contributed by atoms with Crippen molar-refractivity contribution in [3.8, 4) is 0 Å². The first-order valence-electron chi connectivity index (χ1n) is 23.6. The summed E-state index contributed by atoms with van der Waals surface area (Å²) < 4.78 is 0. The number of hydrogen-bond acceptors (Lipinski definition) is 14. The van der Waals surface area contributed by atoms with Gasteiger partial charge in [-0.1, -0.05) is 60.1 Å². The van der Waals surface area contributed by atoms with Gasteiger partial charge in [0.1, 0.15) is 36.3 Å². The van der Waals surface area contributed by atoms with E-state index in [1.54, 1.807) is 20.8 Å². The molecule has 2 aromatic rings. The zero-order chi connectivity index (χ0) is 54.1. The number of rotatable bonds is 18. The van der Waals surface area contributed by atoms with E-state index < -0.39 is 139 Å². The number of amides is 11. The number of aromatic nitrogens is 1. The molecule has 8 atom stereocenters. The molecule has 0 saturated carbocycles. The fourth-order valence-electron chi connectivity index (χ4n) is 8.31. The van der Waals surface area contributed by atoms with Crippen LogP contribution in [0.5, 0.6) is 0 Å². The van der Waals surface area contributed by atoms with E-state index in [2.05, 4.69) is 41.9 Å². The van der Waals surface area contributed by atoms with Gasteiger partial charge in [-0.25, -0.2) is 0 Å². The molecule has 0 radical (unpaired) electrons. The van der Waals surface area contributed by atoms with Crippen LogP contribution >= 0.6 is 21.6 Å². The third-order valence-corrected chi connectivity index (χ3v) is 14.7. The fourth-order valence-corrected chi connectivity index (χ4v) is 10.4. The molecule has 400 valence electrons. The number of aliphatic imine (C=N–C) groups is 1. The Morgan fingerprint density at radius 3 is 2.22 bits per heavy atom. The number of para-hydroxylation sites is 1. The smallest absolute Gasteiger partial charge is 0.246 e. The van der Waals surface area contributed by atoms with Gasteiger partial charge in [0.15, 0.2) is 5.96 Å². The zero-order valence-corrected chi connectivity index (χ0v) is 42.8. The lowest BCUT2D eigenvalue weighted by molar-refractivity contribution is -0.145. The van der Waals surface area contributed by atoms with Gasteiger partial charge in [0.05, 0.1) is 25.6 Å². The highest BCUT2D eigenvalue weighted by molar-refractivity contribution is 8.76. The Morgan fingerprint density at radius 2 is 1.56 bits per heavy atom. The van der Waals surface area contributed by atoms with E-state index in [-0.39, 0.29) is 56.1 Å². The van der Waals surface area contributed by atoms with Crippen LogP contribution in [0.4, 0.5) is 0 Å². The molecular formula is C45H67N15O11S2. The van der Waals surface area contributed by atoms with Crippen molar-refractivity contribution in [1.82, 2.24) is 46.7 Å². The van der Waals surface area contributed by atoms with Crippen LogP contribution in [0.25, 0.3) is 10.9 Å². The number of hydrogen-bond donors (Lipinski definition) is 12. The molecule has 4 rings (SSSR count). The largest absolute Gasteiger partial charge is 0.370 e. The van der Waals surface area contributed by atoms with Crippen molar-refractivity contribution in [2.45, 2.75) is 114 Å². The second-order valence-electron chi connectivity index (χ2n) is 17.8. The average Bonchev–Trinajstić information content (AvgIpc) is 3.71. The average molecular weight is 1060 g/mol. The van der Waals surface area contributed by atoms with E-state index in [1.165, 1.54) is 11.9 Å². The highest BCUT2D eigenvalue weighted by Crippen LogP contribution is 2.38. The number of aromatic amines is 1. The SMILES string of the molecule is CC[C@H](C)[C@@H]1NC(=O)[C@@H]2Cc3c([nH]c4ccccc34)C(C)N2C(=O)CCSSC[C@@H](C(=O)N(C)CC(=O)N[C@@H](CCCN=C(N)N)C(=O)NCC(N)=O)NC(=O)[C@H](CC(N)=O)NC(=O)[C@H](CCC(N)=O)NC1=O. The van der Waals surface area contributed by atoms with Crippen LogP contribution in [-0.2, 0) is 59.2 Å². The number of likely N-dealkylation sites (N-methyl/N-ethyl adjacent to an activating group) is 1. The van der Waals surface area contributed by atoms with E-state index in [0.717, 1.165) is 48.6 Å². The van der Waals surface area contributed by atoms with Crippen LogP contribution < -0.4 is 60.6 Å². The maximum absolute atomic E-state index is 14.6. The minimum Gasteiger partial charge on any atom is -0.370 e. The van der Waals surface area contributed by atoms with E-state index in [9.17, 15) is 52.7 Å². The monoisotopic (exact) mass is 1060 g/mol. The van der Waals surface area contributed by atoms with Crippen LogP contribution in [-0.4, -0.2) is 160 Å². The van der Waals surface area contributed by atoms with Crippen LogP contribution in [0, 0.1) is 5.92 Å². The molecule has 1 fully saturated rings. The first kappa shape index (κ1) is 58.5. The Balaban J connectivity index is 1.69. The molecule has 28 heteroatoms. The normalized spacial score (nSPS) is 22.1. The van der Waals surface area contributed by atoms with Crippen molar-refractivity contribution >= 4 is 103 Å². The van der Waals surface area contributed by atoms with E-state index in [4.69, 9.17) is 28.7 Å². The molecule has 73 heavy (non-hydrogen) atoms. The number of fused-ring (bicyclic) bond motifs is 4. The third kappa shape index (κ3) is 17.0. The first-order valence-corrected chi connectivity index (χ1v) is 26.1. The lowest BCUT2D eigenvalue weighted by Gasteiger charge is -2.40. The van der Waals surface area contributed by atoms with Gasteiger partial charge in [-0.05, 0) is 43.7 Å². The maximum atomic E-state index is 14.6. The minimum absolute atomic E-state index is 0.00683. The second-order valence-corrected chi connectivity index (χ2v) is 20.4. The number of nitrogens with zero attached hydrogens (tertiary/aromatic N) is 3. The van der Waals surface area contributed by atoms with Gasteiger partial charge in [0.25, 0.3) is 0 Å². The topological polar surface area (TPSA) is 425 Å². The molecule has 2 aliphatic heterocycles. The molecule has 1 saturated heterocycles. The van der Waals surface area contributed by atoms with E-state index >= 15 is 0 Å². The molecule has 0 aliphatic carbocycles. The molecule has 0 spiro atoms. The molecule has 1 aromatic carbocycles. The molecule has 0 bridgehead atoms. The molecule has 1 unspecified atom stereocenters. The predicted molar refractivity (Wildman–Crippen MR) is 272 cm³/mol. The molecule has 11 amide bonds. The quantitative estimate of drug-likeness (QED) is 0.0298. The molecule has 17 N–H and O–H groups in total. The summed E-state index contributed by atoms with van der Waals surface area (Å²) in [6, 6.07) is -1.48. The number of carbonyl (C=O) groups excluding carboxylic acids is 11. The van der Waals surface area contributed by atoms with Crippen LogP contribution in [0.1, 0.15) is 83.0 Å². The van der Waals surface area contributed by atoms with Gasteiger partial charge in [-0.2, -0.15) is 0 Å². The Kier molecular flexibility index (Phi) is 22.1. The number of carbonyl (C=O) groups is 11. The lowest BCUT2D eigenvalue weighted by Crippen LogP contribution is -2.61. The summed E-state index contributed by atoms with van der Waals surface area (Å²) in [6.07, 6.45) is -0.981. The second kappa shape index (κ2) is 27.6. The Bertz CT molecular complexity index is 2430. The number of guanidine groups is 1. The summed E-state index contributed by atoms with van der Waals surface area (Å²) >= 11 is 0. The van der Waals surface area contributed by atoms with Crippen molar-refractivity contribution in [1.29, 1.82) is 0 Å². The minimum atomic E-state index is -1.75. The molecule has 3 heterocycles. The standard InChI is InChI=1S/C45H67N15O11S2/c1-5-22(2)37-43(70)55-28(12-13-32(46)61)40(67)56-29(18-33(47)62)41(68)57-30(44(71)59(4)20-35(64)53-27(11-8-15-51-45(49)50)39(66)52-19-34(48)63)21-73-72-16-14-36(65)60-23(3)38-25(17-31(60)42(69)58-37)24-9-6-7-10-26(24)54-38/h6-7,9-10,22-23,27-31,37,54H,5,8,11-21H2,1-4H3,(H2,46,61)(H2,47,62)(H2,48,63)(H,52,66)(H,53,64)(H,55,70)(H,56,67)(H,57,68)(H,58,69)(H4,49,50,51)/t22-,23?,27-,28-,29-,30-,31-,37-/m0/s1. The third-order valence-electron chi connectivity index (χ3n) is 12.3. The van der Waals surface area contributed by atoms with E-state index in [0.29, 0.717) is 6.42 Å². The molecule has 2 aliphatic rings.